The predicted molar refractivity (Wildman–Crippen MR) is 118 cm³/mol. The first-order valence-corrected chi connectivity index (χ1v) is 10.7. The third-order valence-electron chi connectivity index (χ3n) is 4.56. The van der Waals surface area contributed by atoms with E-state index in [9.17, 15) is 13.2 Å². The van der Waals surface area contributed by atoms with Crippen LogP contribution >= 0.6 is 0 Å². The molecule has 0 aliphatic carbocycles. The summed E-state index contributed by atoms with van der Waals surface area (Å²) >= 11 is 0. The summed E-state index contributed by atoms with van der Waals surface area (Å²) in [5, 5.41) is 0. The fourth-order valence-electron chi connectivity index (χ4n) is 2.90. The van der Waals surface area contributed by atoms with Crippen molar-refractivity contribution in [2.75, 3.05) is 10.8 Å². The summed E-state index contributed by atoms with van der Waals surface area (Å²) < 4.78 is 28.0. The fraction of sp³-hybridized carbons (Fsp3) is 0.125. The van der Waals surface area contributed by atoms with Crippen LogP contribution in [0.3, 0.4) is 0 Å². The van der Waals surface area contributed by atoms with Gasteiger partial charge in [0.15, 0.2) is 0 Å². The second kappa shape index (κ2) is 8.88. The van der Waals surface area contributed by atoms with E-state index < -0.39 is 10.0 Å². The van der Waals surface area contributed by atoms with Crippen LogP contribution in [0.15, 0.2) is 83.8 Å². The Balaban J connectivity index is 1.97. The highest BCUT2D eigenvalue weighted by Crippen LogP contribution is 2.25. The molecule has 0 saturated carbocycles. The van der Waals surface area contributed by atoms with Gasteiger partial charge in [-0.05, 0) is 43.7 Å². The van der Waals surface area contributed by atoms with Crippen molar-refractivity contribution in [3.63, 3.8) is 0 Å². The number of aldehydes is 1. The van der Waals surface area contributed by atoms with E-state index in [0.717, 1.165) is 16.7 Å². The lowest BCUT2D eigenvalue weighted by Gasteiger charge is -2.23. The van der Waals surface area contributed by atoms with Crippen molar-refractivity contribution < 1.29 is 13.2 Å². The number of hydrogen-bond acceptors (Lipinski definition) is 3. The summed E-state index contributed by atoms with van der Waals surface area (Å²) in [6.45, 7) is 4.07. The molecular weight excluding hydrogens is 382 g/mol. The predicted octanol–water partition coefficient (Wildman–Crippen LogP) is 5.02. The lowest BCUT2D eigenvalue weighted by Crippen LogP contribution is -2.31. The van der Waals surface area contributed by atoms with Crippen LogP contribution in [-0.4, -0.2) is 21.2 Å². The van der Waals surface area contributed by atoms with Gasteiger partial charge in [-0.25, -0.2) is 8.42 Å². The summed E-state index contributed by atoms with van der Waals surface area (Å²) in [5.74, 6) is 0. The van der Waals surface area contributed by atoms with Gasteiger partial charge in [0.1, 0.15) is 6.29 Å². The molecule has 0 fully saturated rings. The molecule has 0 aromatic heterocycles. The number of hydrogen-bond donors (Lipinski definition) is 0. The summed E-state index contributed by atoms with van der Waals surface area (Å²) in [4.78, 5) is 11.4. The van der Waals surface area contributed by atoms with Crippen molar-refractivity contribution in [2.24, 2.45) is 0 Å². The minimum atomic E-state index is -3.79. The summed E-state index contributed by atoms with van der Waals surface area (Å²) in [7, 11) is -3.79. The van der Waals surface area contributed by atoms with Gasteiger partial charge >= 0.3 is 0 Å². The molecule has 148 valence electrons. The average molecular weight is 406 g/mol. The number of sulfonamides is 1. The van der Waals surface area contributed by atoms with Crippen LogP contribution in [0.25, 0.3) is 6.08 Å². The molecular formula is C24H23NO3S. The van der Waals surface area contributed by atoms with Gasteiger partial charge in [0.25, 0.3) is 10.0 Å². The van der Waals surface area contributed by atoms with Gasteiger partial charge in [-0.3, -0.25) is 9.10 Å². The number of aryl methyl sites for hydroxylation is 2. The molecule has 3 rings (SSSR count). The Morgan fingerprint density at radius 3 is 2.07 bits per heavy atom. The Hall–Kier alpha value is -3.18. The Morgan fingerprint density at radius 1 is 0.828 bits per heavy atom. The fourth-order valence-corrected chi connectivity index (χ4v) is 4.30. The zero-order chi connectivity index (χ0) is 20.9. The third-order valence-corrected chi connectivity index (χ3v) is 6.37. The molecule has 0 atom stereocenters. The molecule has 0 aliphatic rings. The lowest BCUT2D eigenvalue weighted by atomic mass is 10.1. The van der Waals surface area contributed by atoms with Gasteiger partial charge in [-0.2, -0.15) is 0 Å². The first kappa shape index (κ1) is 20.6. The molecule has 0 amide bonds. The van der Waals surface area contributed by atoms with Gasteiger partial charge in [0.05, 0.1) is 17.1 Å². The minimum Gasteiger partial charge on any atom is -0.298 e. The van der Waals surface area contributed by atoms with Crippen LogP contribution in [0.5, 0.6) is 0 Å². The standard InChI is InChI=1S/C24H23NO3S/c1-19-8-12-21(13-9-19)6-4-16-25(23-7-3-5-22(17-23)18-26)29(27,28)24-14-10-20(2)11-15-24/h3-15,17-18H,16H2,1-2H3/b6-4+. The van der Waals surface area contributed by atoms with Crippen molar-refractivity contribution in [3.05, 3.63) is 101 Å². The number of nitrogens with zero attached hydrogens (tertiary/aromatic N) is 1. The molecule has 4 nitrogen and oxygen atoms in total. The van der Waals surface area contributed by atoms with Gasteiger partial charge in [0, 0.05) is 5.56 Å². The Labute approximate surface area is 172 Å². The van der Waals surface area contributed by atoms with Crippen molar-refractivity contribution in [3.8, 4) is 0 Å². The van der Waals surface area contributed by atoms with Crippen LogP contribution in [0.1, 0.15) is 27.0 Å². The molecule has 0 heterocycles. The van der Waals surface area contributed by atoms with Crippen molar-refractivity contribution in [2.45, 2.75) is 18.7 Å². The minimum absolute atomic E-state index is 0.145. The van der Waals surface area contributed by atoms with Gasteiger partial charge in [0.2, 0.25) is 0 Å². The number of rotatable bonds is 7. The molecule has 5 heteroatoms. The van der Waals surface area contributed by atoms with E-state index in [2.05, 4.69) is 0 Å². The second-order valence-electron chi connectivity index (χ2n) is 6.88. The molecule has 3 aromatic carbocycles. The molecule has 0 N–H and O–H groups in total. The SMILES string of the molecule is Cc1ccc(/C=C/CN(c2cccc(C=O)c2)S(=O)(=O)c2ccc(C)cc2)cc1. The summed E-state index contributed by atoms with van der Waals surface area (Å²) in [6, 6.07) is 21.3. The maximum atomic E-state index is 13.3. The van der Waals surface area contributed by atoms with Gasteiger partial charge < -0.3 is 0 Å². The maximum absolute atomic E-state index is 13.3. The highest BCUT2D eigenvalue weighted by atomic mass is 32.2. The Kier molecular flexibility index (Phi) is 6.29. The van der Waals surface area contributed by atoms with Gasteiger partial charge in [-0.15, -0.1) is 0 Å². The van der Waals surface area contributed by atoms with E-state index in [0.29, 0.717) is 17.5 Å². The number of benzene rings is 3. The first-order chi connectivity index (χ1) is 13.9. The molecule has 0 spiro atoms. The molecule has 0 aliphatic heterocycles. The first-order valence-electron chi connectivity index (χ1n) is 9.28. The molecule has 0 bridgehead atoms. The van der Waals surface area contributed by atoms with Crippen LogP contribution in [0.4, 0.5) is 5.69 Å². The third kappa shape index (κ3) is 5.00. The van der Waals surface area contributed by atoms with E-state index in [1.165, 1.54) is 4.31 Å². The molecule has 0 radical (unpaired) electrons. The van der Waals surface area contributed by atoms with Crippen molar-refractivity contribution >= 4 is 28.1 Å². The maximum Gasteiger partial charge on any atom is 0.264 e. The summed E-state index contributed by atoms with van der Waals surface area (Å²) in [5.41, 5.74) is 4.01. The number of anilines is 1. The van der Waals surface area contributed by atoms with Crippen LogP contribution in [0, 0.1) is 13.8 Å². The number of carbonyl (C=O) groups is 1. The molecule has 3 aromatic rings. The zero-order valence-corrected chi connectivity index (χ0v) is 17.3. The van der Waals surface area contributed by atoms with Crippen LogP contribution in [0.2, 0.25) is 0 Å². The monoisotopic (exact) mass is 405 g/mol. The van der Waals surface area contributed by atoms with Gasteiger partial charge in [-0.1, -0.05) is 71.8 Å². The quantitative estimate of drug-likeness (QED) is 0.518. The van der Waals surface area contributed by atoms with E-state index in [4.69, 9.17) is 0 Å². The highest BCUT2D eigenvalue weighted by molar-refractivity contribution is 7.92. The average Bonchev–Trinajstić information content (AvgIpc) is 2.72. The number of carbonyl (C=O) groups excluding carboxylic acids is 1. The topological polar surface area (TPSA) is 54.5 Å². The lowest BCUT2D eigenvalue weighted by molar-refractivity contribution is 0.112. The second-order valence-corrected chi connectivity index (χ2v) is 8.74. The van der Waals surface area contributed by atoms with E-state index in [1.54, 1.807) is 48.5 Å². The van der Waals surface area contributed by atoms with E-state index >= 15 is 0 Å². The van der Waals surface area contributed by atoms with Crippen molar-refractivity contribution in [1.82, 2.24) is 0 Å². The molecule has 0 saturated heterocycles. The van der Waals surface area contributed by atoms with E-state index in [-0.39, 0.29) is 11.4 Å². The normalized spacial score (nSPS) is 11.5. The smallest absolute Gasteiger partial charge is 0.264 e. The van der Waals surface area contributed by atoms with E-state index in [1.807, 2.05) is 50.3 Å². The molecule has 29 heavy (non-hydrogen) atoms. The Morgan fingerprint density at radius 2 is 1.45 bits per heavy atom. The molecule has 0 unspecified atom stereocenters. The van der Waals surface area contributed by atoms with Crippen molar-refractivity contribution in [1.29, 1.82) is 0 Å². The Bertz CT molecular complexity index is 1120. The largest absolute Gasteiger partial charge is 0.298 e. The zero-order valence-electron chi connectivity index (χ0n) is 16.4. The van der Waals surface area contributed by atoms with Crippen LogP contribution < -0.4 is 4.31 Å². The van der Waals surface area contributed by atoms with Crippen LogP contribution in [-0.2, 0) is 10.0 Å². The summed E-state index contributed by atoms with van der Waals surface area (Å²) in [6.07, 6.45) is 4.41. The highest BCUT2D eigenvalue weighted by Gasteiger charge is 2.24.